The van der Waals surface area contributed by atoms with Crippen molar-refractivity contribution in [2.24, 2.45) is 0 Å². The highest BCUT2D eigenvalue weighted by Gasteiger charge is 2.43. The molecular formula is C11H11BrOS. The summed E-state index contributed by atoms with van der Waals surface area (Å²) in [6.07, 6.45) is 2.30. The van der Waals surface area contributed by atoms with Crippen LogP contribution in [0.3, 0.4) is 0 Å². The SMILES string of the molecule is Brc1ccc2c(c1)CC[C@@]21OCCS1. The fraction of sp³-hybridized carbons (Fsp3) is 0.455. The first kappa shape index (κ1) is 9.25. The maximum atomic E-state index is 5.92. The number of hydrogen-bond acceptors (Lipinski definition) is 2. The smallest absolute Gasteiger partial charge is 0.139 e. The lowest BCUT2D eigenvalue weighted by Crippen LogP contribution is -2.16. The largest absolute Gasteiger partial charge is 0.359 e. The zero-order valence-corrected chi connectivity index (χ0v) is 10.2. The molecule has 1 aromatic carbocycles. The quantitative estimate of drug-likeness (QED) is 0.716. The first-order valence-electron chi connectivity index (χ1n) is 4.87. The van der Waals surface area contributed by atoms with Crippen molar-refractivity contribution in [2.45, 2.75) is 17.8 Å². The van der Waals surface area contributed by atoms with Crippen LogP contribution in [0.5, 0.6) is 0 Å². The highest BCUT2D eigenvalue weighted by Crippen LogP contribution is 2.51. The van der Waals surface area contributed by atoms with Gasteiger partial charge in [0, 0.05) is 10.2 Å². The van der Waals surface area contributed by atoms with Crippen LogP contribution in [0, 0.1) is 0 Å². The zero-order valence-electron chi connectivity index (χ0n) is 7.75. The van der Waals surface area contributed by atoms with E-state index in [0.717, 1.165) is 25.2 Å². The van der Waals surface area contributed by atoms with Gasteiger partial charge in [0.15, 0.2) is 0 Å². The molecule has 3 heteroatoms. The topological polar surface area (TPSA) is 9.23 Å². The van der Waals surface area contributed by atoms with E-state index in [-0.39, 0.29) is 4.93 Å². The summed E-state index contributed by atoms with van der Waals surface area (Å²) < 4.78 is 7.09. The summed E-state index contributed by atoms with van der Waals surface area (Å²) in [4.78, 5) is 0.00995. The minimum absolute atomic E-state index is 0.00995. The van der Waals surface area contributed by atoms with Crippen molar-refractivity contribution >= 4 is 27.7 Å². The molecule has 0 unspecified atom stereocenters. The predicted octanol–water partition coefficient (Wildman–Crippen LogP) is 3.31. The molecule has 0 N–H and O–H groups in total. The molecule has 2 aliphatic rings. The molecule has 1 aromatic rings. The third-order valence-corrected chi connectivity index (χ3v) is 4.83. The highest BCUT2D eigenvalue weighted by atomic mass is 79.9. The first-order valence-corrected chi connectivity index (χ1v) is 6.65. The van der Waals surface area contributed by atoms with Crippen LogP contribution in [-0.4, -0.2) is 12.4 Å². The molecule has 0 amide bonds. The molecule has 1 aliphatic heterocycles. The summed E-state index contributed by atoms with van der Waals surface area (Å²) in [6.45, 7) is 0.903. The van der Waals surface area contributed by atoms with Crippen molar-refractivity contribution < 1.29 is 4.74 Å². The Labute approximate surface area is 96.3 Å². The van der Waals surface area contributed by atoms with Gasteiger partial charge in [-0.25, -0.2) is 0 Å². The Balaban J connectivity index is 2.09. The van der Waals surface area contributed by atoms with Crippen LogP contribution in [-0.2, 0) is 16.1 Å². The van der Waals surface area contributed by atoms with Crippen molar-refractivity contribution in [3.8, 4) is 0 Å². The van der Waals surface area contributed by atoms with Gasteiger partial charge in [-0.15, -0.1) is 11.8 Å². The molecular weight excluding hydrogens is 260 g/mol. The van der Waals surface area contributed by atoms with Gasteiger partial charge in [-0.2, -0.15) is 0 Å². The Morgan fingerprint density at radius 2 is 2.36 bits per heavy atom. The Morgan fingerprint density at radius 1 is 1.43 bits per heavy atom. The minimum Gasteiger partial charge on any atom is -0.359 e. The number of thioether (sulfide) groups is 1. The van der Waals surface area contributed by atoms with Crippen molar-refractivity contribution in [3.05, 3.63) is 33.8 Å². The van der Waals surface area contributed by atoms with Gasteiger partial charge in [0.25, 0.3) is 0 Å². The van der Waals surface area contributed by atoms with Crippen LogP contribution in [0.15, 0.2) is 22.7 Å². The number of aryl methyl sites for hydroxylation is 1. The zero-order chi connectivity index (χ0) is 9.60. The molecule has 0 saturated carbocycles. The molecule has 14 heavy (non-hydrogen) atoms. The Bertz CT molecular complexity index is 372. The van der Waals surface area contributed by atoms with Gasteiger partial charge in [0.1, 0.15) is 4.93 Å². The molecule has 1 spiro atoms. The van der Waals surface area contributed by atoms with Crippen LogP contribution in [0.1, 0.15) is 17.5 Å². The van der Waals surface area contributed by atoms with Crippen LogP contribution in [0.4, 0.5) is 0 Å². The van der Waals surface area contributed by atoms with Gasteiger partial charge in [-0.3, -0.25) is 0 Å². The van der Waals surface area contributed by atoms with Crippen molar-refractivity contribution in [1.82, 2.24) is 0 Å². The lowest BCUT2D eigenvalue weighted by Gasteiger charge is -2.22. The van der Waals surface area contributed by atoms with Crippen molar-refractivity contribution in [3.63, 3.8) is 0 Å². The lowest BCUT2D eigenvalue weighted by molar-refractivity contribution is 0.0510. The fourth-order valence-electron chi connectivity index (χ4n) is 2.33. The van der Waals surface area contributed by atoms with Gasteiger partial charge in [-0.05, 0) is 36.1 Å². The van der Waals surface area contributed by atoms with Gasteiger partial charge >= 0.3 is 0 Å². The summed E-state index contributed by atoms with van der Waals surface area (Å²) in [5, 5.41) is 0. The van der Waals surface area contributed by atoms with E-state index in [1.54, 1.807) is 0 Å². The number of halogens is 1. The van der Waals surface area contributed by atoms with Crippen molar-refractivity contribution in [1.29, 1.82) is 0 Å². The van der Waals surface area contributed by atoms with Crippen LogP contribution in [0.2, 0.25) is 0 Å². The van der Waals surface area contributed by atoms with Crippen LogP contribution < -0.4 is 0 Å². The average Bonchev–Trinajstić information content (AvgIpc) is 2.77. The molecule has 1 atom stereocenters. The number of rotatable bonds is 0. The third-order valence-electron chi connectivity index (χ3n) is 2.95. The third kappa shape index (κ3) is 1.26. The van der Waals surface area contributed by atoms with E-state index in [4.69, 9.17) is 4.74 Å². The number of ether oxygens (including phenoxy) is 1. The van der Waals surface area contributed by atoms with E-state index >= 15 is 0 Å². The monoisotopic (exact) mass is 270 g/mol. The summed E-state index contributed by atoms with van der Waals surface area (Å²) >= 11 is 5.48. The summed E-state index contributed by atoms with van der Waals surface area (Å²) in [7, 11) is 0. The Morgan fingerprint density at radius 3 is 3.14 bits per heavy atom. The second kappa shape index (κ2) is 3.26. The molecule has 1 heterocycles. The maximum absolute atomic E-state index is 5.92. The minimum atomic E-state index is 0.00995. The summed E-state index contributed by atoms with van der Waals surface area (Å²) in [6, 6.07) is 6.56. The molecule has 1 aliphatic carbocycles. The lowest BCUT2D eigenvalue weighted by atomic mass is 10.1. The van der Waals surface area contributed by atoms with Gasteiger partial charge in [-0.1, -0.05) is 22.0 Å². The molecule has 0 radical (unpaired) electrons. The summed E-state index contributed by atoms with van der Waals surface area (Å²) in [5.74, 6) is 1.13. The molecule has 0 bridgehead atoms. The van der Waals surface area contributed by atoms with Crippen LogP contribution >= 0.6 is 27.7 Å². The van der Waals surface area contributed by atoms with E-state index in [9.17, 15) is 0 Å². The molecule has 0 aromatic heterocycles. The van der Waals surface area contributed by atoms with E-state index in [2.05, 4.69) is 34.1 Å². The van der Waals surface area contributed by atoms with E-state index in [1.807, 2.05) is 11.8 Å². The summed E-state index contributed by atoms with van der Waals surface area (Å²) in [5.41, 5.74) is 2.86. The second-order valence-electron chi connectivity index (χ2n) is 3.75. The van der Waals surface area contributed by atoms with Gasteiger partial charge < -0.3 is 4.74 Å². The van der Waals surface area contributed by atoms with Crippen molar-refractivity contribution in [2.75, 3.05) is 12.4 Å². The normalized spacial score (nSPS) is 29.8. The molecule has 1 saturated heterocycles. The van der Waals surface area contributed by atoms with E-state index in [0.29, 0.717) is 0 Å². The number of fused-ring (bicyclic) bond motifs is 2. The van der Waals surface area contributed by atoms with E-state index < -0.39 is 0 Å². The van der Waals surface area contributed by atoms with Crippen LogP contribution in [0.25, 0.3) is 0 Å². The number of benzene rings is 1. The fourth-order valence-corrected chi connectivity index (χ4v) is 4.00. The second-order valence-corrected chi connectivity index (χ2v) is 6.02. The first-order chi connectivity index (χ1) is 6.80. The predicted molar refractivity (Wildman–Crippen MR) is 62.6 cm³/mol. The molecule has 1 nitrogen and oxygen atoms in total. The maximum Gasteiger partial charge on any atom is 0.139 e. The number of hydrogen-bond donors (Lipinski definition) is 0. The van der Waals surface area contributed by atoms with Gasteiger partial charge in [0.05, 0.1) is 6.61 Å². The Kier molecular flexibility index (Phi) is 2.15. The molecule has 74 valence electrons. The molecule has 1 fully saturated rings. The van der Waals surface area contributed by atoms with Gasteiger partial charge in [0.2, 0.25) is 0 Å². The average molecular weight is 271 g/mol. The highest BCUT2D eigenvalue weighted by molar-refractivity contribution is 9.10. The van der Waals surface area contributed by atoms with E-state index in [1.165, 1.54) is 15.6 Å². The molecule has 3 rings (SSSR count). The standard InChI is InChI=1S/C11H11BrOS/c12-9-1-2-10-8(7-9)3-4-11(10)13-5-6-14-11/h1-2,7H,3-6H2/t11-/m0/s1. The Hall–Kier alpha value is 0.01000.